The van der Waals surface area contributed by atoms with E-state index in [2.05, 4.69) is 54.2 Å². The minimum atomic E-state index is 0.896. The van der Waals surface area contributed by atoms with E-state index in [1.54, 1.807) is 0 Å². The van der Waals surface area contributed by atoms with Gasteiger partial charge in [-0.1, -0.05) is 11.6 Å². The van der Waals surface area contributed by atoms with E-state index >= 15 is 0 Å². The first-order valence-electron chi connectivity index (χ1n) is 8.47. The van der Waals surface area contributed by atoms with Crippen LogP contribution in [0.5, 0.6) is 0 Å². The van der Waals surface area contributed by atoms with Gasteiger partial charge in [0.15, 0.2) is 0 Å². The van der Waals surface area contributed by atoms with Crippen LogP contribution in [0.4, 0.5) is 0 Å². The van der Waals surface area contributed by atoms with Crippen LogP contribution in [0.1, 0.15) is 35.2 Å². The molecule has 0 saturated heterocycles. The number of rotatable bonds is 2. The van der Waals surface area contributed by atoms with Crippen molar-refractivity contribution in [1.29, 1.82) is 0 Å². The van der Waals surface area contributed by atoms with Crippen LogP contribution in [0.2, 0.25) is 0 Å². The highest BCUT2D eigenvalue weighted by atomic mass is 14.8. The molecule has 0 atom stereocenters. The molecular weight excluding hydrogens is 294 g/mol. The van der Waals surface area contributed by atoms with Gasteiger partial charge in [0.25, 0.3) is 0 Å². The van der Waals surface area contributed by atoms with E-state index in [4.69, 9.17) is 4.99 Å². The highest BCUT2D eigenvalue weighted by Crippen LogP contribution is 2.28. The number of nitrogens with one attached hydrogen (secondary N) is 1. The van der Waals surface area contributed by atoms with E-state index in [9.17, 15) is 0 Å². The van der Waals surface area contributed by atoms with Crippen LogP contribution in [0.3, 0.4) is 0 Å². The molecule has 4 rings (SSSR count). The number of aromatic nitrogens is 2. The summed E-state index contributed by atoms with van der Waals surface area (Å²) in [6.07, 6.45) is 8.20. The molecule has 3 heteroatoms. The maximum absolute atomic E-state index is 4.79. The van der Waals surface area contributed by atoms with Gasteiger partial charge in [0.1, 0.15) is 0 Å². The third-order valence-corrected chi connectivity index (χ3v) is 4.62. The maximum Gasteiger partial charge on any atom is 0.0694 e. The molecule has 0 unspecified atom stereocenters. The number of aliphatic imine (C=N–C) groups is 1. The lowest BCUT2D eigenvalue weighted by atomic mass is 9.94. The lowest BCUT2D eigenvalue weighted by Crippen LogP contribution is -2.11. The first-order chi connectivity index (χ1) is 11.7. The van der Waals surface area contributed by atoms with Crippen LogP contribution in [0.15, 0.2) is 53.3 Å². The van der Waals surface area contributed by atoms with Crippen molar-refractivity contribution in [3.05, 3.63) is 70.7 Å². The third kappa shape index (κ3) is 2.67. The molecule has 2 aromatic heterocycles. The second kappa shape index (κ2) is 6.08. The van der Waals surface area contributed by atoms with Crippen molar-refractivity contribution in [3.63, 3.8) is 0 Å². The number of hydrogen-bond donors (Lipinski definition) is 1. The van der Waals surface area contributed by atoms with Gasteiger partial charge in [-0.2, -0.15) is 0 Å². The van der Waals surface area contributed by atoms with Gasteiger partial charge in [-0.3, -0.25) is 9.98 Å². The Bertz CT molecular complexity index is 946. The predicted molar refractivity (Wildman–Crippen MR) is 101 cm³/mol. The van der Waals surface area contributed by atoms with Gasteiger partial charge in [0, 0.05) is 46.7 Å². The second-order valence-electron chi connectivity index (χ2n) is 6.46. The summed E-state index contributed by atoms with van der Waals surface area (Å²) in [5.41, 5.74) is 8.47. The van der Waals surface area contributed by atoms with Crippen LogP contribution in [-0.4, -0.2) is 22.2 Å². The summed E-state index contributed by atoms with van der Waals surface area (Å²) in [5, 5.41) is 1.29. The first kappa shape index (κ1) is 14.9. The summed E-state index contributed by atoms with van der Waals surface area (Å²) < 4.78 is 0. The van der Waals surface area contributed by atoms with Gasteiger partial charge < -0.3 is 4.98 Å². The Hall–Kier alpha value is -2.68. The number of hydrogen-bond acceptors (Lipinski definition) is 2. The van der Waals surface area contributed by atoms with Crippen LogP contribution in [0.25, 0.3) is 17.0 Å². The van der Waals surface area contributed by atoms with Crippen molar-refractivity contribution in [3.8, 4) is 0 Å². The summed E-state index contributed by atoms with van der Waals surface area (Å²) >= 11 is 0. The molecule has 24 heavy (non-hydrogen) atoms. The van der Waals surface area contributed by atoms with E-state index in [-0.39, 0.29) is 0 Å². The van der Waals surface area contributed by atoms with Crippen LogP contribution in [0, 0.1) is 13.8 Å². The molecule has 0 aliphatic carbocycles. The zero-order valence-electron chi connectivity index (χ0n) is 14.1. The number of nitrogens with zero attached hydrogens (tertiary/aromatic N) is 2. The number of fused-ring (bicyclic) bond motifs is 1. The maximum atomic E-state index is 4.79. The molecule has 3 aromatic rings. The normalized spacial score (nSPS) is 16.6. The molecule has 1 N–H and O–H groups in total. The predicted octanol–water partition coefficient (Wildman–Crippen LogP) is 4.85. The van der Waals surface area contributed by atoms with E-state index in [1.807, 2.05) is 18.5 Å². The average molecular weight is 315 g/mol. The lowest BCUT2D eigenvalue weighted by Gasteiger charge is -2.16. The average Bonchev–Trinajstić information content (AvgIpc) is 2.91. The van der Waals surface area contributed by atoms with Gasteiger partial charge in [-0.15, -0.1) is 0 Å². The fraction of sp³-hybridized carbons (Fsp3) is 0.238. The molecule has 1 aliphatic heterocycles. The largest absolute Gasteiger partial charge is 0.358 e. The Morgan fingerprint density at radius 3 is 2.92 bits per heavy atom. The van der Waals surface area contributed by atoms with E-state index in [0.29, 0.717) is 0 Å². The van der Waals surface area contributed by atoms with Crippen molar-refractivity contribution in [2.75, 3.05) is 6.54 Å². The molecule has 0 bridgehead atoms. The summed E-state index contributed by atoms with van der Waals surface area (Å²) in [6, 6.07) is 10.6. The number of benzene rings is 1. The molecule has 3 nitrogen and oxygen atoms in total. The van der Waals surface area contributed by atoms with E-state index < -0.39 is 0 Å². The molecule has 0 spiro atoms. The quantitative estimate of drug-likeness (QED) is 0.722. The van der Waals surface area contributed by atoms with Gasteiger partial charge in [0.05, 0.1) is 5.71 Å². The van der Waals surface area contributed by atoms with Gasteiger partial charge in [-0.05, 0) is 62.6 Å². The van der Waals surface area contributed by atoms with Crippen LogP contribution >= 0.6 is 0 Å². The van der Waals surface area contributed by atoms with Crippen molar-refractivity contribution in [1.82, 2.24) is 9.97 Å². The fourth-order valence-electron chi connectivity index (χ4n) is 3.42. The SMILES string of the molecule is Cc1ccc2[nH]c(C)c(C=C3CCCN=C3c3cccnc3)c2c1. The number of aryl methyl sites for hydroxylation is 2. The topological polar surface area (TPSA) is 41.0 Å². The Morgan fingerprint density at radius 2 is 2.08 bits per heavy atom. The van der Waals surface area contributed by atoms with Gasteiger partial charge in [-0.25, -0.2) is 0 Å². The van der Waals surface area contributed by atoms with Crippen molar-refractivity contribution in [2.24, 2.45) is 4.99 Å². The summed E-state index contributed by atoms with van der Waals surface area (Å²) in [5.74, 6) is 0. The minimum absolute atomic E-state index is 0.896. The second-order valence-corrected chi connectivity index (χ2v) is 6.46. The van der Waals surface area contributed by atoms with Crippen LogP contribution in [-0.2, 0) is 0 Å². The monoisotopic (exact) mass is 315 g/mol. The molecule has 1 aliphatic rings. The zero-order valence-corrected chi connectivity index (χ0v) is 14.1. The highest BCUT2D eigenvalue weighted by molar-refractivity contribution is 6.16. The summed E-state index contributed by atoms with van der Waals surface area (Å²) in [4.78, 5) is 12.5. The van der Waals surface area contributed by atoms with Crippen LogP contribution < -0.4 is 0 Å². The zero-order chi connectivity index (χ0) is 16.5. The highest BCUT2D eigenvalue weighted by Gasteiger charge is 2.16. The number of allylic oxidation sites excluding steroid dienone is 1. The van der Waals surface area contributed by atoms with Gasteiger partial charge >= 0.3 is 0 Å². The first-order valence-corrected chi connectivity index (χ1v) is 8.47. The summed E-state index contributed by atoms with van der Waals surface area (Å²) in [7, 11) is 0. The molecule has 3 heterocycles. The Kier molecular flexibility index (Phi) is 3.77. The van der Waals surface area contributed by atoms with Gasteiger partial charge in [0.2, 0.25) is 0 Å². The molecule has 0 radical (unpaired) electrons. The molecule has 0 amide bonds. The minimum Gasteiger partial charge on any atom is -0.358 e. The Labute approximate surface area is 142 Å². The standard InChI is InChI=1S/C21H21N3/c1-14-7-8-20-19(11-14)18(15(2)24-20)12-16-5-4-10-23-21(16)17-6-3-9-22-13-17/h3,6-9,11-13,24H,4-5,10H2,1-2H3. The third-order valence-electron chi connectivity index (χ3n) is 4.62. The van der Waals surface area contributed by atoms with E-state index in [1.165, 1.54) is 33.3 Å². The fourth-order valence-corrected chi connectivity index (χ4v) is 3.42. The van der Waals surface area contributed by atoms with Crippen molar-refractivity contribution in [2.45, 2.75) is 26.7 Å². The number of H-pyrrole nitrogens is 1. The number of pyridine rings is 1. The Morgan fingerprint density at radius 1 is 1.17 bits per heavy atom. The molecule has 0 fully saturated rings. The van der Waals surface area contributed by atoms with Crippen molar-refractivity contribution >= 4 is 22.7 Å². The van der Waals surface area contributed by atoms with E-state index in [0.717, 1.165) is 30.7 Å². The lowest BCUT2D eigenvalue weighted by molar-refractivity contribution is 0.818. The Balaban J connectivity index is 1.85. The molecule has 120 valence electrons. The molecular formula is C21H21N3. The smallest absolute Gasteiger partial charge is 0.0694 e. The number of aromatic amines is 1. The summed E-state index contributed by atoms with van der Waals surface area (Å²) in [6.45, 7) is 5.18. The van der Waals surface area contributed by atoms with Crippen molar-refractivity contribution < 1.29 is 0 Å². The molecule has 1 aromatic carbocycles. The molecule has 0 saturated carbocycles.